The number of carbonyl (C=O) groups excluding carboxylic acids is 1. The lowest BCUT2D eigenvalue weighted by atomic mass is 9.95. The Hall–Kier alpha value is -6.47. The summed E-state index contributed by atoms with van der Waals surface area (Å²) in [6, 6.07) is 46.5. The quantitative estimate of drug-likeness (QED) is 0.222. The predicted molar refractivity (Wildman–Crippen MR) is 179 cm³/mol. The number of rotatable bonds is 4. The third-order valence-corrected chi connectivity index (χ3v) is 8.74. The van der Waals surface area contributed by atoms with Gasteiger partial charge in [0.1, 0.15) is 0 Å². The van der Waals surface area contributed by atoms with Crippen LogP contribution in [0, 0.1) is 22.7 Å². The third kappa shape index (κ3) is 4.03. The summed E-state index contributed by atoms with van der Waals surface area (Å²) >= 11 is 0. The van der Waals surface area contributed by atoms with E-state index in [2.05, 4.69) is 12.1 Å². The van der Waals surface area contributed by atoms with Gasteiger partial charge in [0.2, 0.25) is 0 Å². The van der Waals surface area contributed by atoms with E-state index in [0.29, 0.717) is 33.6 Å². The molecule has 0 radical (unpaired) electrons. The number of hydrogen-bond donors (Lipinski definition) is 1. The van der Waals surface area contributed by atoms with Crippen LogP contribution in [0.5, 0.6) is 0 Å². The van der Waals surface area contributed by atoms with Crippen LogP contribution in [0.1, 0.15) is 33.3 Å². The zero-order valence-corrected chi connectivity index (χ0v) is 24.4. The van der Waals surface area contributed by atoms with E-state index < -0.39 is 6.23 Å². The summed E-state index contributed by atoms with van der Waals surface area (Å²) in [6.07, 6.45) is -1.24. The highest BCUT2D eigenvalue weighted by atomic mass is 16.3. The van der Waals surface area contributed by atoms with Crippen LogP contribution in [-0.4, -0.2) is 15.6 Å². The molecule has 6 heteroatoms. The van der Waals surface area contributed by atoms with Crippen LogP contribution >= 0.6 is 0 Å². The Labute approximate surface area is 264 Å². The summed E-state index contributed by atoms with van der Waals surface area (Å²) in [5.41, 5.74) is 8.20. The average molecular weight is 593 g/mol. The summed E-state index contributed by atoms with van der Waals surface area (Å²) in [4.78, 5) is 16.3. The Morgan fingerprint density at radius 3 is 1.65 bits per heavy atom. The Balaban J connectivity index is 1.39. The summed E-state index contributed by atoms with van der Waals surface area (Å²) in [7, 11) is 0. The molecule has 1 atom stereocenters. The second-order valence-electron chi connectivity index (χ2n) is 11.2. The van der Waals surface area contributed by atoms with Crippen molar-refractivity contribution in [1.82, 2.24) is 4.57 Å². The van der Waals surface area contributed by atoms with Gasteiger partial charge < -0.3 is 9.67 Å². The maximum absolute atomic E-state index is 14.8. The molecule has 2 heterocycles. The Morgan fingerprint density at radius 1 is 0.609 bits per heavy atom. The molecule has 8 rings (SSSR count). The number of anilines is 1. The molecule has 0 saturated heterocycles. The van der Waals surface area contributed by atoms with E-state index in [1.807, 2.05) is 120 Å². The number of aliphatic hydroxyl groups is 1. The van der Waals surface area contributed by atoms with Crippen molar-refractivity contribution < 1.29 is 9.90 Å². The van der Waals surface area contributed by atoms with E-state index in [4.69, 9.17) is 0 Å². The summed E-state index contributed by atoms with van der Waals surface area (Å²) < 4.78 is 1.99. The molecule has 1 aliphatic rings. The fourth-order valence-electron chi connectivity index (χ4n) is 6.71. The van der Waals surface area contributed by atoms with Gasteiger partial charge in [-0.25, -0.2) is 0 Å². The van der Waals surface area contributed by atoms with Gasteiger partial charge in [0.25, 0.3) is 5.91 Å². The zero-order chi connectivity index (χ0) is 31.4. The molecule has 1 aromatic heterocycles. The van der Waals surface area contributed by atoms with Crippen LogP contribution in [0.3, 0.4) is 0 Å². The van der Waals surface area contributed by atoms with Crippen LogP contribution in [-0.2, 0) is 0 Å². The predicted octanol–water partition coefficient (Wildman–Crippen LogP) is 8.51. The minimum Gasteiger partial charge on any atom is -0.369 e. The first-order valence-corrected chi connectivity index (χ1v) is 14.9. The number of aliphatic hydroxyl groups excluding tert-OH is 1. The summed E-state index contributed by atoms with van der Waals surface area (Å²) in [5.74, 6) is -0.323. The number of aromatic nitrogens is 1. The van der Waals surface area contributed by atoms with Gasteiger partial charge in [-0.2, -0.15) is 10.5 Å². The molecular formula is C40H24N4O2. The van der Waals surface area contributed by atoms with E-state index in [9.17, 15) is 20.4 Å². The van der Waals surface area contributed by atoms with Crippen LogP contribution in [0.25, 0.3) is 49.7 Å². The lowest BCUT2D eigenvalue weighted by Gasteiger charge is -2.27. The van der Waals surface area contributed by atoms with E-state index in [1.165, 1.54) is 4.90 Å². The second kappa shape index (κ2) is 10.6. The number of nitriles is 2. The number of fused-ring (bicyclic) bond motifs is 4. The van der Waals surface area contributed by atoms with E-state index in [0.717, 1.165) is 44.1 Å². The van der Waals surface area contributed by atoms with E-state index >= 15 is 0 Å². The maximum atomic E-state index is 14.8. The van der Waals surface area contributed by atoms with Crippen LogP contribution < -0.4 is 4.90 Å². The maximum Gasteiger partial charge on any atom is 0.263 e. The molecule has 0 aliphatic carbocycles. The Kier molecular flexibility index (Phi) is 6.25. The molecular weight excluding hydrogens is 568 g/mol. The van der Waals surface area contributed by atoms with Crippen molar-refractivity contribution in [2.45, 2.75) is 6.23 Å². The molecule has 0 fully saturated rings. The molecule has 46 heavy (non-hydrogen) atoms. The molecule has 1 unspecified atom stereocenters. The summed E-state index contributed by atoms with van der Waals surface area (Å²) in [5, 5.41) is 32.9. The fourth-order valence-corrected chi connectivity index (χ4v) is 6.71. The van der Waals surface area contributed by atoms with Gasteiger partial charge in [0.15, 0.2) is 6.23 Å². The molecule has 0 spiro atoms. The topological polar surface area (TPSA) is 93.0 Å². The first kappa shape index (κ1) is 27.1. The van der Waals surface area contributed by atoms with Crippen molar-refractivity contribution >= 4 is 33.4 Å². The van der Waals surface area contributed by atoms with Gasteiger partial charge in [-0.3, -0.25) is 9.69 Å². The first-order chi connectivity index (χ1) is 22.6. The van der Waals surface area contributed by atoms with Crippen molar-refractivity contribution in [1.29, 1.82) is 10.5 Å². The Bertz CT molecular complexity index is 2300. The largest absolute Gasteiger partial charge is 0.369 e. The van der Waals surface area contributed by atoms with E-state index in [-0.39, 0.29) is 5.91 Å². The van der Waals surface area contributed by atoms with Crippen LogP contribution in [0.15, 0.2) is 133 Å². The third-order valence-electron chi connectivity index (χ3n) is 8.74. The van der Waals surface area contributed by atoms with Gasteiger partial charge in [0, 0.05) is 27.5 Å². The first-order valence-electron chi connectivity index (χ1n) is 14.9. The highest BCUT2D eigenvalue weighted by Crippen LogP contribution is 2.47. The van der Waals surface area contributed by atoms with Gasteiger partial charge >= 0.3 is 0 Å². The van der Waals surface area contributed by atoms with Crippen molar-refractivity contribution in [3.05, 3.63) is 156 Å². The smallest absolute Gasteiger partial charge is 0.263 e. The van der Waals surface area contributed by atoms with Gasteiger partial charge in [-0.05, 0) is 53.6 Å². The molecule has 0 bridgehead atoms. The lowest BCUT2D eigenvalue weighted by Crippen LogP contribution is -2.29. The Morgan fingerprint density at radius 2 is 1.13 bits per heavy atom. The van der Waals surface area contributed by atoms with Crippen molar-refractivity contribution in [3.8, 4) is 40.1 Å². The molecule has 0 saturated carbocycles. The normalized spacial score (nSPS) is 13.9. The second-order valence-corrected chi connectivity index (χ2v) is 11.2. The minimum atomic E-state index is -1.24. The lowest BCUT2D eigenvalue weighted by molar-refractivity contribution is 0.0936. The SMILES string of the molecule is N#Cc1ccc2c(c1)c1cc(C#N)ccc1n2-c1cccc2c1C(=O)N(c1c(-c3ccccc3)cccc1-c1ccccc1)C2O. The van der Waals surface area contributed by atoms with Crippen molar-refractivity contribution in [2.75, 3.05) is 4.90 Å². The minimum absolute atomic E-state index is 0.323. The van der Waals surface area contributed by atoms with Gasteiger partial charge in [0.05, 0.1) is 51.2 Å². The van der Waals surface area contributed by atoms with Crippen LogP contribution in [0.4, 0.5) is 5.69 Å². The number of hydrogen-bond acceptors (Lipinski definition) is 4. The van der Waals surface area contributed by atoms with Gasteiger partial charge in [-0.15, -0.1) is 0 Å². The number of carbonyl (C=O) groups is 1. The zero-order valence-electron chi connectivity index (χ0n) is 24.4. The number of benzene rings is 6. The number of para-hydroxylation sites is 1. The standard InChI is InChI=1S/C40H24N4O2/c41-23-25-17-19-34-32(21-25)33-22-26(24-42)18-20-35(33)43(34)36-16-8-15-31-37(36)40(46)44(39(31)45)38-29(27-9-3-1-4-10-27)13-7-14-30(38)28-11-5-2-6-12-28/h1-22,39,45H. The molecule has 216 valence electrons. The van der Waals surface area contributed by atoms with Crippen molar-refractivity contribution in [3.63, 3.8) is 0 Å². The highest BCUT2D eigenvalue weighted by molar-refractivity contribution is 6.18. The summed E-state index contributed by atoms with van der Waals surface area (Å²) in [6.45, 7) is 0. The molecule has 1 aliphatic heterocycles. The fraction of sp³-hybridized carbons (Fsp3) is 0.0250. The number of nitrogens with zero attached hydrogens (tertiary/aromatic N) is 4. The molecule has 1 amide bonds. The monoisotopic (exact) mass is 592 g/mol. The highest BCUT2D eigenvalue weighted by Gasteiger charge is 2.41. The van der Waals surface area contributed by atoms with Crippen LogP contribution in [0.2, 0.25) is 0 Å². The molecule has 1 N–H and O–H groups in total. The molecule has 6 nitrogen and oxygen atoms in total. The number of amides is 1. The van der Waals surface area contributed by atoms with Gasteiger partial charge in [-0.1, -0.05) is 91.0 Å². The van der Waals surface area contributed by atoms with E-state index in [1.54, 1.807) is 18.2 Å². The molecule has 7 aromatic rings. The van der Waals surface area contributed by atoms with Crippen molar-refractivity contribution in [2.24, 2.45) is 0 Å². The average Bonchev–Trinajstić information content (AvgIpc) is 3.57. The molecule has 6 aromatic carbocycles.